The molecule has 0 aliphatic carbocycles. The van der Waals surface area contributed by atoms with Gasteiger partial charge >= 0.3 is 9.28 Å². The number of aliphatic hydroxyl groups excluding tert-OH is 1. The van der Waals surface area contributed by atoms with Gasteiger partial charge in [-0.25, -0.2) is 0 Å². The summed E-state index contributed by atoms with van der Waals surface area (Å²) in [7, 11) is 2.06. The Hall–Kier alpha value is 0.0969. The van der Waals surface area contributed by atoms with Crippen molar-refractivity contribution in [3.05, 3.63) is 0 Å². The lowest BCUT2D eigenvalue weighted by Crippen LogP contribution is -2.19. The van der Waals surface area contributed by atoms with Crippen molar-refractivity contribution in [1.82, 2.24) is 0 Å². The highest BCUT2D eigenvalue weighted by Gasteiger charge is 2.08. The minimum Gasteiger partial charge on any atom is -0.397 e. The van der Waals surface area contributed by atoms with Gasteiger partial charge in [-0.2, -0.15) is 0 Å². The van der Waals surface area contributed by atoms with Crippen molar-refractivity contribution >= 4 is 9.28 Å². The van der Waals surface area contributed by atoms with E-state index in [1.54, 1.807) is 14.2 Å². The summed E-state index contributed by atoms with van der Waals surface area (Å²) in [6.07, 6.45) is 0. The molecule has 0 atom stereocenters. The Kier molecular flexibility index (Phi) is 5.30. The van der Waals surface area contributed by atoms with E-state index in [2.05, 4.69) is 0 Å². The van der Waals surface area contributed by atoms with Gasteiger partial charge in [0.05, 0.1) is 0 Å². The van der Waals surface area contributed by atoms with Gasteiger partial charge in [0.15, 0.2) is 0 Å². The highest BCUT2D eigenvalue weighted by Crippen LogP contribution is 1.90. The van der Waals surface area contributed by atoms with Crippen molar-refractivity contribution in [2.75, 3.05) is 20.8 Å². The summed E-state index contributed by atoms with van der Waals surface area (Å²) in [5.74, 6) is 0. The van der Waals surface area contributed by atoms with Crippen LogP contribution in [0, 0.1) is 0 Å². The van der Waals surface area contributed by atoms with E-state index in [1.807, 2.05) is 0 Å². The zero-order valence-electron chi connectivity index (χ0n) is 5.18. The molecule has 0 rings (SSSR count). The molecule has 0 saturated heterocycles. The quantitative estimate of drug-likeness (QED) is 0.541. The second-order valence-corrected chi connectivity index (χ2v) is 3.31. The third-order valence-corrected chi connectivity index (χ3v) is 2.31. The van der Waals surface area contributed by atoms with Crippen LogP contribution in [0.25, 0.3) is 0 Å². The molecule has 3 nitrogen and oxygen atoms in total. The molecular weight excluding hydrogens is 124 g/mol. The summed E-state index contributed by atoms with van der Waals surface area (Å²) in [6.45, 7) is 0.149. The van der Waals surface area contributed by atoms with Crippen LogP contribution in [0.4, 0.5) is 0 Å². The Balaban J connectivity index is 3.07. The van der Waals surface area contributed by atoms with Gasteiger partial charge in [0.25, 0.3) is 0 Å². The van der Waals surface area contributed by atoms with Crippen LogP contribution in [0.3, 0.4) is 0 Å². The van der Waals surface area contributed by atoms with Crippen molar-refractivity contribution in [2.45, 2.75) is 6.04 Å². The van der Waals surface area contributed by atoms with Crippen LogP contribution < -0.4 is 0 Å². The van der Waals surface area contributed by atoms with E-state index in [-0.39, 0.29) is 6.61 Å². The first-order chi connectivity index (χ1) is 3.85. The number of hydrogen-bond acceptors (Lipinski definition) is 3. The van der Waals surface area contributed by atoms with Crippen molar-refractivity contribution in [2.24, 2.45) is 0 Å². The van der Waals surface area contributed by atoms with Crippen molar-refractivity contribution in [1.29, 1.82) is 0 Å². The smallest absolute Gasteiger partial charge is 0.386 e. The molecular formula is C4H11O3Si. The minimum absolute atomic E-state index is 0.149. The molecule has 8 heavy (non-hydrogen) atoms. The molecule has 0 fully saturated rings. The lowest BCUT2D eigenvalue weighted by Gasteiger charge is -2.05. The molecule has 49 valence electrons. The van der Waals surface area contributed by atoms with Crippen LogP contribution in [0.2, 0.25) is 6.04 Å². The average molecular weight is 135 g/mol. The molecule has 0 aromatic rings. The first-order valence-corrected chi connectivity index (χ1v) is 3.92. The van der Waals surface area contributed by atoms with Crippen LogP contribution in [0.15, 0.2) is 0 Å². The Labute approximate surface area is 51.1 Å². The average Bonchev–Trinajstić information content (AvgIpc) is 1.83. The highest BCUT2D eigenvalue weighted by molar-refractivity contribution is 6.44. The Morgan fingerprint density at radius 3 is 2.00 bits per heavy atom. The molecule has 0 amide bonds. The van der Waals surface area contributed by atoms with Crippen molar-refractivity contribution < 1.29 is 14.0 Å². The third kappa shape index (κ3) is 3.14. The summed E-state index contributed by atoms with van der Waals surface area (Å²) in [6, 6.07) is 0.637. The van der Waals surface area contributed by atoms with E-state index < -0.39 is 9.28 Å². The Bertz CT molecular complexity index is 46.5. The Morgan fingerprint density at radius 2 is 1.88 bits per heavy atom. The number of hydrogen-bond donors (Lipinski definition) is 1. The second kappa shape index (κ2) is 5.24. The third-order valence-electron chi connectivity index (χ3n) is 0.771. The van der Waals surface area contributed by atoms with Crippen LogP contribution in [-0.4, -0.2) is 35.2 Å². The molecule has 0 spiro atoms. The molecule has 0 aromatic heterocycles. The standard InChI is InChI=1S/C4H11O3Si/c1-6-8(7-2)4-3-5/h5H,3-4H2,1-2H3. The first-order valence-electron chi connectivity index (χ1n) is 2.39. The van der Waals surface area contributed by atoms with Gasteiger partial charge in [0.2, 0.25) is 0 Å². The normalized spacial score (nSPS) is 10.5. The minimum atomic E-state index is -1.12. The van der Waals surface area contributed by atoms with Gasteiger partial charge in [-0.05, 0) is 0 Å². The molecule has 0 heterocycles. The second-order valence-electron chi connectivity index (χ2n) is 1.25. The molecule has 0 saturated carbocycles. The van der Waals surface area contributed by atoms with Crippen LogP contribution in [-0.2, 0) is 8.85 Å². The van der Waals surface area contributed by atoms with E-state index in [4.69, 9.17) is 14.0 Å². The fourth-order valence-electron chi connectivity index (χ4n) is 0.379. The van der Waals surface area contributed by atoms with E-state index in [9.17, 15) is 0 Å². The zero-order valence-corrected chi connectivity index (χ0v) is 6.18. The van der Waals surface area contributed by atoms with E-state index >= 15 is 0 Å². The summed E-state index contributed by atoms with van der Waals surface area (Å²) in [5, 5.41) is 8.36. The monoisotopic (exact) mass is 135 g/mol. The molecule has 0 aliphatic rings. The van der Waals surface area contributed by atoms with Crippen LogP contribution in [0.5, 0.6) is 0 Å². The van der Waals surface area contributed by atoms with E-state index in [0.717, 1.165) is 0 Å². The van der Waals surface area contributed by atoms with Gasteiger partial charge < -0.3 is 14.0 Å². The molecule has 0 bridgehead atoms. The summed E-state index contributed by atoms with van der Waals surface area (Å²) in [4.78, 5) is 0. The maximum absolute atomic E-state index is 8.36. The molecule has 1 N–H and O–H groups in total. The van der Waals surface area contributed by atoms with E-state index in [1.165, 1.54) is 0 Å². The van der Waals surface area contributed by atoms with Crippen molar-refractivity contribution in [3.8, 4) is 0 Å². The fraction of sp³-hybridized carbons (Fsp3) is 1.00. The van der Waals surface area contributed by atoms with Crippen LogP contribution in [0.1, 0.15) is 0 Å². The SMILES string of the molecule is CO[Si](CCO)OC. The maximum atomic E-state index is 8.36. The summed E-state index contributed by atoms with van der Waals surface area (Å²) >= 11 is 0. The lowest BCUT2D eigenvalue weighted by molar-refractivity contribution is 0.252. The Morgan fingerprint density at radius 1 is 1.38 bits per heavy atom. The number of rotatable bonds is 4. The van der Waals surface area contributed by atoms with Gasteiger partial charge in [0, 0.05) is 26.9 Å². The molecule has 0 aliphatic heterocycles. The largest absolute Gasteiger partial charge is 0.397 e. The first kappa shape index (κ1) is 8.10. The summed E-state index contributed by atoms with van der Waals surface area (Å²) in [5.41, 5.74) is 0. The molecule has 1 radical (unpaired) electrons. The van der Waals surface area contributed by atoms with Gasteiger partial charge in [-0.1, -0.05) is 0 Å². The highest BCUT2D eigenvalue weighted by atomic mass is 28.3. The lowest BCUT2D eigenvalue weighted by atomic mass is 10.9. The van der Waals surface area contributed by atoms with Gasteiger partial charge in [0.1, 0.15) is 0 Å². The topological polar surface area (TPSA) is 38.7 Å². The van der Waals surface area contributed by atoms with Crippen LogP contribution >= 0.6 is 0 Å². The fourth-order valence-corrected chi connectivity index (χ4v) is 1.14. The van der Waals surface area contributed by atoms with Gasteiger partial charge in [-0.15, -0.1) is 0 Å². The zero-order chi connectivity index (χ0) is 6.41. The summed E-state index contributed by atoms with van der Waals surface area (Å²) < 4.78 is 9.72. The molecule has 0 aromatic carbocycles. The van der Waals surface area contributed by atoms with Gasteiger partial charge in [-0.3, -0.25) is 0 Å². The predicted octanol–water partition coefficient (Wildman–Crippen LogP) is -0.240. The number of aliphatic hydroxyl groups is 1. The predicted molar refractivity (Wildman–Crippen MR) is 31.7 cm³/mol. The van der Waals surface area contributed by atoms with E-state index in [0.29, 0.717) is 6.04 Å². The maximum Gasteiger partial charge on any atom is 0.386 e. The van der Waals surface area contributed by atoms with Crippen molar-refractivity contribution in [3.63, 3.8) is 0 Å². The molecule has 0 unspecified atom stereocenters. The molecule has 4 heteroatoms.